The van der Waals surface area contributed by atoms with Crippen LogP contribution in [0.3, 0.4) is 0 Å². The maximum atomic E-state index is 12.3. The van der Waals surface area contributed by atoms with E-state index >= 15 is 0 Å². The van der Waals surface area contributed by atoms with E-state index in [2.05, 4.69) is 15.0 Å². The molecule has 0 atom stereocenters. The Morgan fingerprint density at radius 2 is 1.77 bits per heavy atom. The number of nitrogens with zero attached hydrogens (tertiary/aromatic N) is 1. The summed E-state index contributed by atoms with van der Waals surface area (Å²) in [6, 6.07) is 12.5. The summed E-state index contributed by atoms with van der Waals surface area (Å²) in [5.41, 5.74) is 1.82. The summed E-state index contributed by atoms with van der Waals surface area (Å²) in [6.07, 6.45) is -0.201. The SMILES string of the molecule is COC(=O)c1ccc(-c2csc(NC(=O)CCS(=O)(=O)c3ccc(Cl)cc3)n2)cc1. The van der Waals surface area contributed by atoms with E-state index in [1.165, 1.54) is 42.7 Å². The quantitative estimate of drug-likeness (QED) is 0.529. The van der Waals surface area contributed by atoms with Crippen LogP contribution in [0.4, 0.5) is 5.13 Å². The van der Waals surface area contributed by atoms with E-state index in [-0.39, 0.29) is 17.1 Å². The maximum absolute atomic E-state index is 12.3. The molecule has 2 aromatic carbocycles. The summed E-state index contributed by atoms with van der Waals surface area (Å²) in [4.78, 5) is 28.1. The fourth-order valence-corrected chi connectivity index (χ4v) is 4.63. The lowest BCUT2D eigenvalue weighted by Gasteiger charge is -2.05. The Bertz CT molecular complexity index is 1160. The molecule has 0 spiro atoms. The number of ether oxygens (including phenoxy) is 1. The summed E-state index contributed by atoms with van der Waals surface area (Å²) in [6.45, 7) is 0. The van der Waals surface area contributed by atoms with Crippen molar-refractivity contribution in [3.63, 3.8) is 0 Å². The summed E-state index contributed by atoms with van der Waals surface area (Å²) in [5, 5.41) is 5.16. The predicted molar refractivity (Wildman–Crippen MR) is 116 cm³/mol. The largest absolute Gasteiger partial charge is 0.465 e. The molecule has 3 aromatic rings. The number of nitrogens with one attached hydrogen (secondary N) is 1. The minimum Gasteiger partial charge on any atom is -0.465 e. The molecule has 0 saturated heterocycles. The third kappa shape index (κ3) is 5.44. The Hall–Kier alpha value is -2.75. The van der Waals surface area contributed by atoms with Crippen LogP contribution in [-0.2, 0) is 19.4 Å². The highest BCUT2D eigenvalue weighted by Gasteiger charge is 2.17. The average molecular weight is 465 g/mol. The van der Waals surface area contributed by atoms with Crippen molar-refractivity contribution in [1.82, 2.24) is 4.98 Å². The first kappa shape index (κ1) is 21.9. The number of rotatable bonds is 7. The van der Waals surface area contributed by atoms with Crippen molar-refractivity contribution in [2.24, 2.45) is 0 Å². The van der Waals surface area contributed by atoms with Crippen molar-refractivity contribution < 1.29 is 22.7 Å². The van der Waals surface area contributed by atoms with Gasteiger partial charge in [0, 0.05) is 22.4 Å². The number of hydrogen-bond acceptors (Lipinski definition) is 7. The number of anilines is 1. The molecule has 0 aliphatic carbocycles. The first-order valence-corrected chi connectivity index (χ1v) is 11.6. The molecule has 7 nitrogen and oxygen atoms in total. The number of benzene rings is 2. The van der Waals surface area contributed by atoms with Gasteiger partial charge in [0.25, 0.3) is 0 Å². The number of carbonyl (C=O) groups excluding carboxylic acids is 2. The van der Waals surface area contributed by atoms with Crippen molar-refractivity contribution in [3.8, 4) is 11.3 Å². The zero-order valence-electron chi connectivity index (χ0n) is 15.8. The smallest absolute Gasteiger partial charge is 0.337 e. The van der Waals surface area contributed by atoms with Crippen molar-refractivity contribution in [1.29, 1.82) is 0 Å². The van der Waals surface area contributed by atoms with Gasteiger partial charge in [-0.15, -0.1) is 11.3 Å². The number of halogens is 1. The van der Waals surface area contributed by atoms with Crippen LogP contribution in [0.2, 0.25) is 5.02 Å². The summed E-state index contributed by atoms with van der Waals surface area (Å²) in [5.74, 6) is -1.20. The van der Waals surface area contributed by atoms with Crippen LogP contribution in [0.25, 0.3) is 11.3 Å². The Labute approximate surface area is 182 Å². The van der Waals surface area contributed by atoms with Crippen LogP contribution < -0.4 is 5.32 Å². The highest BCUT2D eigenvalue weighted by molar-refractivity contribution is 7.91. The Morgan fingerprint density at radius 3 is 2.40 bits per heavy atom. The second-order valence-corrected chi connectivity index (χ2v) is 9.58. The number of thiazole rings is 1. The van der Waals surface area contributed by atoms with Crippen LogP contribution in [0.5, 0.6) is 0 Å². The lowest BCUT2D eigenvalue weighted by Crippen LogP contribution is -2.17. The highest BCUT2D eigenvalue weighted by Crippen LogP contribution is 2.25. The average Bonchev–Trinajstić information content (AvgIpc) is 3.20. The summed E-state index contributed by atoms with van der Waals surface area (Å²) in [7, 11) is -2.28. The molecule has 1 heterocycles. The number of esters is 1. The van der Waals surface area contributed by atoms with E-state index in [9.17, 15) is 18.0 Å². The molecule has 1 N–H and O–H groups in total. The zero-order chi connectivity index (χ0) is 21.7. The molecule has 0 aliphatic heterocycles. The molecule has 0 bridgehead atoms. The third-order valence-corrected chi connectivity index (χ3v) is 6.86. The standard InChI is InChI=1S/C20H17ClN2O5S2/c1-28-19(25)14-4-2-13(3-5-14)17-12-29-20(22-17)23-18(24)10-11-30(26,27)16-8-6-15(21)7-9-16/h2-9,12H,10-11H2,1H3,(H,22,23,24). The number of carbonyl (C=O) groups is 2. The van der Waals surface area contributed by atoms with Gasteiger partial charge in [0.1, 0.15) is 0 Å². The second-order valence-electron chi connectivity index (χ2n) is 6.18. The molecule has 1 aromatic heterocycles. The van der Waals surface area contributed by atoms with E-state index in [0.717, 1.165) is 5.56 Å². The van der Waals surface area contributed by atoms with Gasteiger partial charge < -0.3 is 10.1 Å². The topological polar surface area (TPSA) is 102 Å². The molecule has 0 radical (unpaired) electrons. The highest BCUT2D eigenvalue weighted by atomic mass is 35.5. The fraction of sp³-hybridized carbons (Fsp3) is 0.150. The van der Waals surface area contributed by atoms with Crippen molar-refractivity contribution in [2.45, 2.75) is 11.3 Å². The lowest BCUT2D eigenvalue weighted by molar-refractivity contribution is -0.115. The van der Waals surface area contributed by atoms with Gasteiger partial charge in [0.05, 0.1) is 29.0 Å². The first-order valence-electron chi connectivity index (χ1n) is 8.71. The fourth-order valence-electron chi connectivity index (χ4n) is 2.53. The summed E-state index contributed by atoms with van der Waals surface area (Å²) < 4.78 is 29.3. The molecule has 0 aliphatic rings. The van der Waals surface area contributed by atoms with Crippen LogP contribution in [-0.4, -0.2) is 38.1 Å². The van der Waals surface area contributed by atoms with E-state index in [0.29, 0.717) is 21.4 Å². The first-order chi connectivity index (χ1) is 14.3. The van der Waals surface area contributed by atoms with Gasteiger partial charge in [0.15, 0.2) is 15.0 Å². The van der Waals surface area contributed by atoms with E-state index in [1.54, 1.807) is 29.6 Å². The van der Waals surface area contributed by atoms with E-state index in [1.807, 2.05) is 0 Å². The van der Waals surface area contributed by atoms with Gasteiger partial charge in [0.2, 0.25) is 5.91 Å². The predicted octanol–water partition coefficient (Wildman–Crippen LogP) is 4.05. The summed E-state index contributed by atoms with van der Waals surface area (Å²) >= 11 is 6.99. The zero-order valence-corrected chi connectivity index (χ0v) is 18.2. The van der Waals surface area contributed by atoms with Crippen LogP contribution in [0, 0.1) is 0 Å². The molecule has 0 fully saturated rings. The lowest BCUT2D eigenvalue weighted by atomic mass is 10.1. The van der Waals surface area contributed by atoms with Gasteiger partial charge in [-0.1, -0.05) is 23.7 Å². The van der Waals surface area contributed by atoms with Gasteiger partial charge in [-0.25, -0.2) is 18.2 Å². The Kier molecular flexibility index (Phi) is 6.86. The number of aromatic nitrogens is 1. The van der Waals surface area contributed by atoms with Gasteiger partial charge in [-0.05, 0) is 36.4 Å². The molecule has 30 heavy (non-hydrogen) atoms. The second kappa shape index (κ2) is 9.38. The van der Waals surface area contributed by atoms with Crippen molar-refractivity contribution in [3.05, 3.63) is 64.5 Å². The normalized spacial score (nSPS) is 11.1. The Balaban J connectivity index is 1.59. The van der Waals surface area contributed by atoms with Crippen LogP contribution in [0.1, 0.15) is 16.8 Å². The van der Waals surface area contributed by atoms with E-state index in [4.69, 9.17) is 11.6 Å². The maximum Gasteiger partial charge on any atom is 0.337 e. The third-order valence-electron chi connectivity index (χ3n) is 4.12. The van der Waals surface area contributed by atoms with Crippen molar-refractivity contribution in [2.75, 3.05) is 18.2 Å². The molecule has 1 amide bonds. The molecule has 3 rings (SSSR count). The number of hydrogen-bond donors (Lipinski definition) is 1. The van der Waals surface area contributed by atoms with Gasteiger partial charge in [-0.3, -0.25) is 4.79 Å². The molecule has 0 saturated carbocycles. The van der Waals surface area contributed by atoms with Gasteiger partial charge in [-0.2, -0.15) is 0 Å². The molecule has 156 valence electrons. The number of methoxy groups -OCH3 is 1. The number of sulfone groups is 1. The molecule has 0 unspecified atom stereocenters. The monoisotopic (exact) mass is 464 g/mol. The van der Waals surface area contributed by atoms with Crippen molar-refractivity contribution >= 4 is 49.8 Å². The van der Waals surface area contributed by atoms with Gasteiger partial charge >= 0.3 is 5.97 Å². The molecule has 10 heteroatoms. The Morgan fingerprint density at radius 1 is 1.10 bits per heavy atom. The minimum absolute atomic E-state index is 0.117. The molecular weight excluding hydrogens is 448 g/mol. The van der Waals surface area contributed by atoms with Crippen LogP contribution in [0.15, 0.2) is 58.8 Å². The van der Waals surface area contributed by atoms with Crippen LogP contribution >= 0.6 is 22.9 Å². The minimum atomic E-state index is -3.59. The van der Waals surface area contributed by atoms with E-state index < -0.39 is 21.7 Å². The number of amides is 1. The molecular formula is C20H17ClN2O5S2.